The van der Waals surface area contributed by atoms with Gasteiger partial charge >= 0.3 is 5.69 Å². The zero-order valence-corrected chi connectivity index (χ0v) is 20.5. The number of nitrogens with zero attached hydrogens (tertiary/aromatic N) is 2. The molecule has 0 spiro atoms. The summed E-state index contributed by atoms with van der Waals surface area (Å²) in [6, 6.07) is 8.66. The number of rotatable bonds is 7. The predicted molar refractivity (Wildman–Crippen MR) is 129 cm³/mol. The molecule has 0 atom stereocenters. The molecule has 0 radical (unpaired) electrons. The Morgan fingerprint density at radius 3 is 2.55 bits per heavy atom. The lowest BCUT2D eigenvalue weighted by molar-refractivity contribution is 0.601. The van der Waals surface area contributed by atoms with Crippen LogP contribution in [-0.4, -0.2) is 23.7 Å². The third kappa shape index (κ3) is 4.57. The SMILES string of the molecule is Cc1ccc(S(=O)(=O)Nc2nc(=O)n3c(C)c(C)sc(SCCc4ccsc4)c2-3)cc1. The molecule has 0 amide bonds. The van der Waals surface area contributed by atoms with E-state index >= 15 is 0 Å². The quantitative estimate of drug-likeness (QED) is 0.374. The molecule has 0 aliphatic carbocycles. The molecule has 2 aliphatic rings. The van der Waals surface area contributed by atoms with Crippen molar-refractivity contribution in [2.45, 2.75) is 36.3 Å². The molecule has 1 N–H and O–H groups in total. The molecule has 6 nitrogen and oxygen atoms in total. The molecule has 0 fully saturated rings. The van der Waals surface area contributed by atoms with Gasteiger partial charge in [0, 0.05) is 16.3 Å². The highest BCUT2D eigenvalue weighted by atomic mass is 32.2. The van der Waals surface area contributed by atoms with Crippen LogP contribution < -0.4 is 10.4 Å². The third-order valence-electron chi connectivity index (χ3n) is 4.90. The molecular formula is C21H21N3O3S4. The van der Waals surface area contributed by atoms with Crippen molar-refractivity contribution in [3.8, 4) is 5.69 Å². The van der Waals surface area contributed by atoms with Crippen molar-refractivity contribution in [2.75, 3.05) is 10.5 Å². The van der Waals surface area contributed by atoms with Gasteiger partial charge in [-0.1, -0.05) is 17.7 Å². The van der Waals surface area contributed by atoms with Crippen LogP contribution in [0.2, 0.25) is 0 Å². The molecule has 2 aromatic rings. The summed E-state index contributed by atoms with van der Waals surface area (Å²) >= 11 is 4.83. The van der Waals surface area contributed by atoms with Crippen molar-refractivity contribution in [1.82, 2.24) is 9.55 Å². The molecule has 4 rings (SSSR count). The molecule has 0 unspecified atom stereocenters. The predicted octanol–water partition coefficient (Wildman–Crippen LogP) is 4.85. The molecule has 0 bridgehead atoms. The van der Waals surface area contributed by atoms with E-state index in [0.29, 0.717) is 5.69 Å². The minimum Gasteiger partial charge on any atom is -0.261 e. The summed E-state index contributed by atoms with van der Waals surface area (Å²) in [5.74, 6) is 0.887. The van der Waals surface area contributed by atoms with Crippen LogP contribution in [0.4, 0.5) is 5.82 Å². The van der Waals surface area contributed by atoms with Crippen molar-refractivity contribution in [3.05, 3.63) is 73.3 Å². The van der Waals surface area contributed by atoms with Crippen LogP contribution in [0.5, 0.6) is 0 Å². The lowest BCUT2D eigenvalue weighted by atomic mass is 10.2. The standard InChI is InChI=1S/C21H21N3O3S4/c1-13-4-6-17(7-5-13)31(26,27)23-19-18-20(29-11-9-16-8-10-28-12-16)30-15(3)14(2)24(18)21(25)22-19/h4-8,10,12H,9,11H2,1-3H3,(H,22,23,25). The average molecular weight is 492 g/mol. The maximum Gasteiger partial charge on any atom is 0.354 e. The fourth-order valence-electron chi connectivity index (χ4n) is 3.09. The number of fused-ring (bicyclic) bond motifs is 1. The van der Waals surface area contributed by atoms with Crippen molar-refractivity contribution < 1.29 is 8.42 Å². The molecule has 0 saturated heterocycles. The number of nitrogens with one attached hydrogen (secondary N) is 1. The second kappa shape index (κ2) is 8.78. The van der Waals surface area contributed by atoms with Crippen molar-refractivity contribution in [1.29, 1.82) is 0 Å². The van der Waals surface area contributed by atoms with E-state index in [-0.39, 0.29) is 10.7 Å². The lowest BCUT2D eigenvalue weighted by Gasteiger charge is -2.16. The average Bonchev–Trinajstić information content (AvgIpc) is 3.34. The highest BCUT2D eigenvalue weighted by Gasteiger charge is 2.26. The van der Waals surface area contributed by atoms with E-state index < -0.39 is 15.7 Å². The number of hydrogen-bond acceptors (Lipinski definition) is 7. The first kappa shape index (κ1) is 22.1. The zero-order valence-electron chi connectivity index (χ0n) is 17.2. The Morgan fingerprint density at radius 2 is 1.87 bits per heavy atom. The number of aromatic nitrogens is 2. The first-order valence-electron chi connectivity index (χ1n) is 9.52. The van der Waals surface area contributed by atoms with Crippen molar-refractivity contribution in [3.63, 3.8) is 0 Å². The lowest BCUT2D eigenvalue weighted by Crippen LogP contribution is -2.17. The van der Waals surface area contributed by atoms with Gasteiger partial charge in [-0.3, -0.25) is 9.29 Å². The van der Waals surface area contributed by atoms with Gasteiger partial charge in [-0.25, -0.2) is 13.2 Å². The second-order valence-electron chi connectivity index (χ2n) is 7.11. The number of aryl methyl sites for hydroxylation is 3. The minimum absolute atomic E-state index is 0.0722. The monoisotopic (exact) mass is 491 g/mol. The first-order chi connectivity index (χ1) is 14.8. The number of benzene rings is 1. The summed E-state index contributed by atoms with van der Waals surface area (Å²) in [6.45, 7) is 5.69. The minimum atomic E-state index is -3.87. The van der Waals surface area contributed by atoms with Gasteiger partial charge in [-0.15, -0.1) is 23.1 Å². The molecular weight excluding hydrogens is 471 g/mol. The number of anilines is 1. The van der Waals surface area contributed by atoms with E-state index in [1.807, 2.05) is 20.8 Å². The number of sulfonamides is 1. The summed E-state index contributed by atoms with van der Waals surface area (Å²) in [5.41, 5.74) is 3.03. The second-order valence-corrected chi connectivity index (χ2v) is 12.2. The Morgan fingerprint density at radius 1 is 1.13 bits per heavy atom. The van der Waals surface area contributed by atoms with Gasteiger partial charge in [-0.2, -0.15) is 16.3 Å². The van der Waals surface area contributed by atoms with Gasteiger partial charge in [0.15, 0.2) is 5.82 Å². The Hall–Kier alpha value is -2.14. The molecule has 0 saturated carbocycles. The van der Waals surface area contributed by atoms with Gasteiger partial charge in [0.05, 0.1) is 9.10 Å². The smallest absolute Gasteiger partial charge is 0.261 e. The largest absolute Gasteiger partial charge is 0.354 e. The highest BCUT2D eigenvalue weighted by molar-refractivity contribution is 8.01. The number of imidazole rings is 1. The van der Waals surface area contributed by atoms with E-state index in [4.69, 9.17) is 0 Å². The van der Waals surface area contributed by atoms with E-state index in [9.17, 15) is 13.2 Å². The topological polar surface area (TPSA) is 81.1 Å². The number of thiophene rings is 1. The van der Waals surface area contributed by atoms with Crippen LogP contribution in [0.1, 0.15) is 21.7 Å². The molecule has 3 heterocycles. The molecule has 1 aromatic carbocycles. The van der Waals surface area contributed by atoms with Crippen molar-refractivity contribution >= 4 is 50.3 Å². The normalized spacial score (nSPS) is 11.8. The maximum atomic E-state index is 12.9. The highest BCUT2D eigenvalue weighted by Crippen LogP contribution is 2.38. The maximum absolute atomic E-state index is 12.9. The van der Waals surface area contributed by atoms with E-state index in [0.717, 1.165) is 32.5 Å². The fraction of sp³-hybridized carbons (Fsp3) is 0.238. The first-order valence-corrected chi connectivity index (χ1v) is 13.7. The summed E-state index contributed by atoms with van der Waals surface area (Å²) in [7, 11) is -3.87. The van der Waals surface area contributed by atoms with Gasteiger partial charge in [0.25, 0.3) is 10.0 Å². The molecule has 2 aliphatic heterocycles. The van der Waals surface area contributed by atoms with Crippen LogP contribution in [0.3, 0.4) is 0 Å². The van der Waals surface area contributed by atoms with E-state index in [1.165, 1.54) is 10.1 Å². The van der Waals surface area contributed by atoms with Gasteiger partial charge in [0.1, 0.15) is 5.69 Å². The molecule has 1 aromatic heterocycles. The summed E-state index contributed by atoms with van der Waals surface area (Å²) in [6.07, 6.45) is 0.892. The zero-order chi connectivity index (χ0) is 22.2. The van der Waals surface area contributed by atoms with Gasteiger partial charge < -0.3 is 0 Å². The summed E-state index contributed by atoms with van der Waals surface area (Å²) in [4.78, 5) is 17.8. The Bertz CT molecular complexity index is 1340. The summed E-state index contributed by atoms with van der Waals surface area (Å²) < 4.78 is 30.8. The summed E-state index contributed by atoms with van der Waals surface area (Å²) in [5, 5.41) is 4.17. The Kier molecular flexibility index (Phi) is 6.25. The van der Waals surface area contributed by atoms with Crippen LogP contribution in [0.25, 0.3) is 5.69 Å². The third-order valence-corrected chi connectivity index (χ3v) is 9.43. The molecule has 10 heteroatoms. The number of hydrogen-bond donors (Lipinski definition) is 1. The van der Waals surface area contributed by atoms with Gasteiger partial charge in [-0.05, 0) is 61.7 Å². The Labute approximate surface area is 193 Å². The number of thioether (sulfide) groups is 1. The van der Waals surface area contributed by atoms with Gasteiger partial charge in [0.2, 0.25) is 0 Å². The van der Waals surface area contributed by atoms with E-state index in [1.54, 1.807) is 58.7 Å². The Balaban J connectivity index is 1.71. The van der Waals surface area contributed by atoms with Crippen LogP contribution in [-0.2, 0) is 16.4 Å². The fourth-order valence-corrected chi connectivity index (χ4v) is 7.31. The molecule has 162 valence electrons. The van der Waals surface area contributed by atoms with Crippen LogP contribution >= 0.6 is 34.4 Å². The van der Waals surface area contributed by atoms with Crippen LogP contribution in [0, 0.1) is 20.8 Å². The van der Waals surface area contributed by atoms with Crippen LogP contribution in [0.15, 0.2) is 55.0 Å². The van der Waals surface area contributed by atoms with E-state index in [2.05, 4.69) is 26.5 Å². The molecule has 31 heavy (non-hydrogen) atoms. The van der Waals surface area contributed by atoms with Crippen molar-refractivity contribution in [2.24, 2.45) is 0 Å².